The van der Waals surface area contributed by atoms with Crippen molar-refractivity contribution in [1.82, 2.24) is 5.43 Å². The van der Waals surface area contributed by atoms with E-state index in [1.54, 1.807) is 0 Å². The molecule has 0 bridgehead atoms. The number of hydrazine groups is 1. The van der Waals surface area contributed by atoms with Gasteiger partial charge < -0.3 is 5.73 Å². The lowest BCUT2D eigenvalue weighted by Gasteiger charge is -2.10. The summed E-state index contributed by atoms with van der Waals surface area (Å²) >= 11 is 0. The van der Waals surface area contributed by atoms with Crippen LogP contribution in [0.1, 0.15) is 10.4 Å². The minimum atomic E-state index is -0.780. The molecule has 0 spiro atoms. The third kappa shape index (κ3) is 3.24. The molecule has 108 valence electrons. The number of nitrogens with one attached hydrogen (secondary N) is 2. The minimum absolute atomic E-state index is 0.00616. The first kappa shape index (κ1) is 14.3. The fourth-order valence-corrected chi connectivity index (χ4v) is 1.67. The average Bonchev–Trinajstić information content (AvgIpc) is 2.45. The normalized spacial score (nSPS) is 9.95. The van der Waals surface area contributed by atoms with E-state index in [1.165, 1.54) is 36.4 Å². The van der Waals surface area contributed by atoms with Crippen LogP contribution in [0.5, 0.6) is 0 Å². The van der Waals surface area contributed by atoms with Gasteiger partial charge in [-0.1, -0.05) is 12.1 Å². The molecule has 0 aliphatic rings. The molecular weight excluding hydrogens is 279 g/mol. The maximum atomic E-state index is 13.5. The first-order valence-corrected chi connectivity index (χ1v) is 5.84. The van der Waals surface area contributed by atoms with Crippen molar-refractivity contribution >= 4 is 23.0 Å². The Labute approximate surface area is 118 Å². The van der Waals surface area contributed by atoms with E-state index >= 15 is 0 Å². The predicted octanol–water partition coefficient (Wildman–Crippen LogP) is 2.07. The molecule has 8 heteroatoms. The van der Waals surface area contributed by atoms with Crippen molar-refractivity contribution < 1.29 is 14.1 Å². The average molecular weight is 290 g/mol. The molecule has 0 aliphatic carbocycles. The molecular formula is C13H11FN4O3. The number of carbonyl (C=O) groups excluding carboxylic acids is 1. The summed E-state index contributed by atoms with van der Waals surface area (Å²) in [5, 5.41) is 10.6. The number of anilines is 2. The Kier molecular flexibility index (Phi) is 3.98. The highest BCUT2D eigenvalue weighted by Gasteiger charge is 2.15. The van der Waals surface area contributed by atoms with Crippen LogP contribution in [0.15, 0.2) is 42.5 Å². The van der Waals surface area contributed by atoms with E-state index in [0.29, 0.717) is 0 Å². The van der Waals surface area contributed by atoms with Crippen LogP contribution in [-0.4, -0.2) is 10.8 Å². The van der Waals surface area contributed by atoms with E-state index in [0.717, 1.165) is 6.07 Å². The van der Waals surface area contributed by atoms with Gasteiger partial charge in [-0.15, -0.1) is 0 Å². The van der Waals surface area contributed by atoms with Gasteiger partial charge in [-0.3, -0.25) is 25.8 Å². The van der Waals surface area contributed by atoms with Gasteiger partial charge in [0.2, 0.25) is 0 Å². The molecule has 4 N–H and O–H groups in total. The van der Waals surface area contributed by atoms with Crippen LogP contribution in [0.25, 0.3) is 0 Å². The third-order valence-corrected chi connectivity index (χ3v) is 2.65. The monoisotopic (exact) mass is 290 g/mol. The summed E-state index contributed by atoms with van der Waals surface area (Å²) in [7, 11) is 0. The zero-order chi connectivity index (χ0) is 15.4. The maximum Gasteiger partial charge on any atom is 0.274 e. The van der Waals surface area contributed by atoms with Crippen molar-refractivity contribution in [1.29, 1.82) is 0 Å². The number of nitro benzene ring substituents is 1. The van der Waals surface area contributed by atoms with E-state index in [4.69, 9.17) is 5.73 Å². The SMILES string of the molecule is Nc1cccc(F)c1C(=O)NNc1cccc([N+](=O)[O-])c1. The van der Waals surface area contributed by atoms with E-state index in [9.17, 15) is 19.3 Å². The van der Waals surface area contributed by atoms with Crippen molar-refractivity contribution in [2.24, 2.45) is 0 Å². The van der Waals surface area contributed by atoms with Gasteiger partial charge in [-0.2, -0.15) is 0 Å². The number of non-ortho nitro benzene ring substituents is 1. The van der Waals surface area contributed by atoms with Gasteiger partial charge in [0.25, 0.3) is 11.6 Å². The predicted molar refractivity (Wildman–Crippen MR) is 75.0 cm³/mol. The standard InChI is InChI=1S/C13H11FN4O3/c14-10-5-2-6-11(15)12(10)13(19)17-16-8-3-1-4-9(7-8)18(20)21/h1-7,16H,15H2,(H,17,19). The molecule has 0 saturated heterocycles. The zero-order valence-electron chi connectivity index (χ0n) is 10.7. The number of nitrogens with two attached hydrogens (primary N) is 1. The van der Waals surface area contributed by atoms with E-state index in [1.807, 2.05) is 0 Å². The second-order valence-corrected chi connectivity index (χ2v) is 4.09. The largest absolute Gasteiger partial charge is 0.398 e. The van der Waals surface area contributed by atoms with Crippen LogP contribution in [0.4, 0.5) is 21.5 Å². The Morgan fingerprint density at radius 2 is 1.95 bits per heavy atom. The molecule has 2 aromatic carbocycles. The summed E-state index contributed by atoms with van der Waals surface area (Å²) in [6.07, 6.45) is 0. The Morgan fingerprint density at radius 1 is 1.24 bits per heavy atom. The van der Waals surface area contributed by atoms with Gasteiger partial charge in [0.05, 0.1) is 16.2 Å². The van der Waals surface area contributed by atoms with E-state index < -0.39 is 16.6 Å². The number of nitrogens with zero attached hydrogens (tertiary/aromatic N) is 1. The quantitative estimate of drug-likeness (QED) is 0.453. The summed E-state index contributed by atoms with van der Waals surface area (Å²) in [6, 6.07) is 9.38. The summed E-state index contributed by atoms with van der Waals surface area (Å²) in [6.45, 7) is 0. The van der Waals surface area contributed by atoms with Crippen LogP contribution in [-0.2, 0) is 0 Å². The Morgan fingerprint density at radius 3 is 2.62 bits per heavy atom. The van der Waals surface area contributed by atoms with Crippen molar-refractivity contribution in [3.05, 3.63) is 64.0 Å². The minimum Gasteiger partial charge on any atom is -0.398 e. The molecule has 0 aliphatic heterocycles. The number of benzene rings is 2. The number of hydrogen-bond acceptors (Lipinski definition) is 5. The number of carbonyl (C=O) groups is 1. The molecule has 0 unspecified atom stereocenters. The summed E-state index contributed by atoms with van der Waals surface area (Å²) in [5.41, 5.74) is 10.1. The molecule has 0 saturated carbocycles. The van der Waals surface area contributed by atoms with Crippen LogP contribution in [0.3, 0.4) is 0 Å². The van der Waals surface area contributed by atoms with Gasteiger partial charge in [-0.25, -0.2) is 4.39 Å². The number of amides is 1. The third-order valence-electron chi connectivity index (χ3n) is 2.65. The topological polar surface area (TPSA) is 110 Å². The highest BCUT2D eigenvalue weighted by atomic mass is 19.1. The molecule has 7 nitrogen and oxygen atoms in total. The van der Waals surface area contributed by atoms with Gasteiger partial charge in [0, 0.05) is 17.8 Å². The van der Waals surface area contributed by atoms with Gasteiger partial charge >= 0.3 is 0 Å². The van der Waals surface area contributed by atoms with Crippen LogP contribution in [0, 0.1) is 15.9 Å². The lowest BCUT2D eigenvalue weighted by atomic mass is 10.1. The molecule has 21 heavy (non-hydrogen) atoms. The summed E-state index contributed by atoms with van der Waals surface area (Å²) in [4.78, 5) is 21.9. The molecule has 0 aromatic heterocycles. The van der Waals surface area contributed by atoms with Crippen molar-refractivity contribution in [3.8, 4) is 0 Å². The van der Waals surface area contributed by atoms with Crippen molar-refractivity contribution in [2.75, 3.05) is 11.2 Å². The molecule has 0 radical (unpaired) electrons. The Bertz CT molecular complexity index is 685. The molecule has 2 rings (SSSR count). The smallest absolute Gasteiger partial charge is 0.274 e. The zero-order valence-corrected chi connectivity index (χ0v) is 10.7. The van der Waals surface area contributed by atoms with Gasteiger partial charge in [0.1, 0.15) is 5.82 Å². The summed E-state index contributed by atoms with van der Waals surface area (Å²) in [5.74, 6) is -1.54. The van der Waals surface area contributed by atoms with Gasteiger partial charge in [-0.05, 0) is 18.2 Å². The second kappa shape index (κ2) is 5.87. The van der Waals surface area contributed by atoms with Crippen LogP contribution >= 0.6 is 0 Å². The molecule has 0 heterocycles. The lowest BCUT2D eigenvalue weighted by Crippen LogP contribution is -2.30. The maximum absolute atomic E-state index is 13.5. The summed E-state index contributed by atoms with van der Waals surface area (Å²) < 4.78 is 13.5. The number of nitrogen functional groups attached to an aromatic ring is 1. The molecule has 0 fully saturated rings. The highest BCUT2D eigenvalue weighted by molar-refractivity contribution is 5.99. The van der Waals surface area contributed by atoms with E-state index in [2.05, 4.69) is 10.9 Å². The van der Waals surface area contributed by atoms with Crippen LogP contribution in [0.2, 0.25) is 0 Å². The molecule has 2 aromatic rings. The first-order valence-electron chi connectivity index (χ1n) is 5.84. The van der Waals surface area contributed by atoms with E-state index in [-0.39, 0.29) is 22.6 Å². The molecule has 0 atom stereocenters. The second-order valence-electron chi connectivity index (χ2n) is 4.09. The number of hydrogen-bond donors (Lipinski definition) is 3. The Balaban J connectivity index is 2.11. The first-order chi connectivity index (χ1) is 9.99. The fourth-order valence-electron chi connectivity index (χ4n) is 1.67. The number of rotatable bonds is 4. The molecule has 1 amide bonds. The Hall–Kier alpha value is -3.16. The highest BCUT2D eigenvalue weighted by Crippen LogP contribution is 2.17. The lowest BCUT2D eigenvalue weighted by molar-refractivity contribution is -0.384. The van der Waals surface area contributed by atoms with Crippen molar-refractivity contribution in [2.45, 2.75) is 0 Å². The number of nitro groups is 1. The fraction of sp³-hybridized carbons (Fsp3) is 0. The van der Waals surface area contributed by atoms with Gasteiger partial charge in [0.15, 0.2) is 0 Å². The van der Waals surface area contributed by atoms with Crippen LogP contribution < -0.4 is 16.6 Å². The van der Waals surface area contributed by atoms with Crippen molar-refractivity contribution in [3.63, 3.8) is 0 Å². The number of halogens is 1.